The lowest BCUT2D eigenvalue weighted by Crippen LogP contribution is -2.20. The van der Waals surface area contributed by atoms with Gasteiger partial charge < -0.3 is 5.32 Å². The van der Waals surface area contributed by atoms with Crippen molar-refractivity contribution in [1.82, 2.24) is 20.1 Å². The second-order valence-electron chi connectivity index (χ2n) is 5.40. The highest BCUT2D eigenvalue weighted by Crippen LogP contribution is 2.17. The topological polar surface area (TPSA) is 42.7 Å². The lowest BCUT2D eigenvalue weighted by molar-refractivity contribution is 0.555. The fourth-order valence-corrected chi connectivity index (χ4v) is 2.55. The van der Waals surface area contributed by atoms with Crippen LogP contribution in [0.25, 0.3) is 10.9 Å². The zero-order chi connectivity index (χ0) is 14.7. The number of nitrogens with one attached hydrogen (secondary N) is 1. The first-order valence-electron chi connectivity index (χ1n) is 7.27. The smallest absolute Gasteiger partial charge is 0.0708 e. The Morgan fingerprint density at radius 1 is 1.19 bits per heavy atom. The molecule has 2 heterocycles. The van der Waals surface area contributed by atoms with Gasteiger partial charge in [0.15, 0.2) is 0 Å². The van der Waals surface area contributed by atoms with Crippen molar-refractivity contribution in [3.05, 3.63) is 59.5 Å². The van der Waals surface area contributed by atoms with Crippen LogP contribution in [0, 0.1) is 13.8 Å². The molecule has 0 unspecified atom stereocenters. The van der Waals surface area contributed by atoms with E-state index in [-0.39, 0.29) is 0 Å². The molecule has 0 aliphatic heterocycles. The highest BCUT2D eigenvalue weighted by atomic mass is 15.3. The minimum atomic E-state index is 0.851. The molecule has 3 rings (SSSR count). The summed E-state index contributed by atoms with van der Waals surface area (Å²) in [5, 5.41) is 9.01. The molecular weight excluding hydrogens is 260 g/mol. The van der Waals surface area contributed by atoms with Gasteiger partial charge in [-0.3, -0.25) is 9.67 Å². The summed E-state index contributed by atoms with van der Waals surface area (Å²) in [5.74, 6) is 0. The molecule has 2 aromatic heterocycles. The van der Waals surface area contributed by atoms with Gasteiger partial charge >= 0.3 is 0 Å². The summed E-state index contributed by atoms with van der Waals surface area (Å²) >= 11 is 0. The fraction of sp³-hybridized carbons (Fsp3) is 0.294. The maximum atomic E-state index is 4.57. The SMILES string of the molecule is Cc1cnn(CCNCc2cc(C)nc3ccccc23)c1. The number of benzene rings is 1. The standard InChI is InChI=1S/C17H20N4/c1-13-10-19-21(12-13)8-7-18-11-15-9-14(2)20-17-6-4-3-5-16(15)17/h3-6,9-10,12,18H,7-8,11H2,1-2H3. The number of para-hydroxylation sites is 1. The molecule has 4 nitrogen and oxygen atoms in total. The highest BCUT2D eigenvalue weighted by Gasteiger charge is 2.03. The average Bonchev–Trinajstić information content (AvgIpc) is 2.89. The third kappa shape index (κ3) is 3.28. The minimum absolute atomic E-state index is 0.851. The number of fused-ring (bicyclic) bond motifs is 1. The van der Waals surface area contributed by atoms with Gasteiger partial charge in [0.05, 0.1) is 18.3 Å². The Morgan fingerprint density at radius 3 is 2.86 bits per heavy atom. The van der Waals surface area contributed by atoms with E-state index >= 15 is 0 Å². The van der Waals surface area contributed by atoms with Crippen LogP contribution >= 0.6 is 0 Å². The Balaban J connectivity index is 1.65. The van der Waals surface area contributed by atoms with Gasteiger partial charge in [-0.15, -0.1) is 0 Å². The normalized spacial score (nSPS) is 11.1. The van der Waals surface area contributed by atoms with Crippen molar-refractivity contribution in [2.75, 3.05) is 6.54 Å². The summed E-state index contributed by atoms with van der Waals surface area (Å²) in [6.45, 7) is 6.74. The van der Waals surface area contributed by atoms with Gasteiger partial charge in [0.1, 0.15) is 0 Å². The molecule has 0 atom stereocenters. The summed E-state index contributed by atoms with van der Waals surface area (Å²) in [4.78, 5) is 4.57. The van der Waals surface area contributed by atoms with Gasteiger partial charge in [0, 0.05) is 30.4 Å². The van der Waals surface area contributed by atoms with Crippen LogP contribution in [-0.2, 0) is 13.1 Å². The minimum Gasteiger partial charge on any atom is -0.311 e. The molecular formula is C17H20N4. The van der Waals surface area contributed by atoms with E-state index in [0.29, 0.717) is 0 Å². The molecule has 0 fully saturated rings. The van der Waals surface area contributed by atoms with E-state index in [1.165, 1.54) is 16.5 Å². The molecule has 0 bridgehead atoms. The van der Waals surface area contributed by atoms with Gasteiger partial charge in [-0.1, -0.05) is 18.2 Å². The molecule has 0 amide bonds. The first-order valence-corrected chi connectivity index (χ1v) is 7.27. The number of nitrogens with zero attached hydrogens (tertiary/aromatic N) is 3. The number of aromatic nitrogens is 3. The number of hydrogen-bond acceptors (Lipinski definition) is 3. The molecule has 21 heavy (non-hydrogen) atoms. The van der Waals surface area contributed by atoms with Crippen LogP contribution in [0.3, 0.4) is 0 Å². The average molecular weight is 280 g/mol. The van der Waals surface area contributed by atoms with E-state index in [1.807, 2.05) is 23.9 Å². The Hall–Kier alpha value is -2.20. The Labute approximate surface area is 124 Å². The predicted molar refractivity (Wildman–Crippen MR) is 85.2 cm³/mol. The second-order valence-corrected chi connectivity index (χ2v) is 5.40. The summed E-state index contributed by atoms with van der Waals surface area (Å²) in [6.07, 6.45) is 3.95. The van der Waals surface area contributed by atoms with Crippen LogP contribution in [-0.4, -0.2) is 21.3 Å². The predicted octanol–water partition coefficient (Wildman–Crippen LogP) is 2.84. The van der Waals surface area contributed by atoms with Crippen LogP contribution in [0.4, 0.5) is 0 Å². The first kappa shape index (κ1) is 13.8. The van der Waals surface area contributed by atoms with Crippen LogP contribution in [0.5, 0.6) is 0 Å². The molecule has 1 N–H and O–H groups in total. The number of pyridine rings is 1. The van der Waals surface area contributed by atoms with Gasteiger partial charge in [0.25, 0.3) is 0 Å². The molecule has 108 valence electrons. The maximum Gasteiger partial charge on any atom is 0.0708 e. The molecule has 0 saturated carbocycles. The molecule has 0 aliphatic carbocycles. The van der Waals surface area contributed by atoms with E-state index in [4.69, 9.17) is 0 Å². The van der Waals surface area contributed by atoms with Gasteiger partial charge in [-0.2, -0.15) is 5.10 Å². The molecule has 0 radical (unpaired) electrons. The van der Waals surface area contributed by atoms with Crippen LogP contribution in [0.2, 0.25) is 0 Å². The van der Waals surface area contributed by atoms with Crippen molar-refractivity contribution in [1.29, 1.82) is 0 Å². The molecule has 0 aliphatic rings. The molecule has 1 aromatic carbocycles. The third-order valence-corrected chi connectivity index (χ3v) is 3.53. The van der Waals surface area contributed by atoms with Crippen LogP contribution in [0.1, 0.15) is 16.8 Å². The van der Waals surface area contributed by atoms with Crippen LogP contribution < -0.4 is 5.32 Å². The van der Waals surface area contributed by atoms with Crippen molar-refractivity contribution < 1.29 is 0 Å². The zero-order valence-electron chi connectivity index (χ0n) is 12.5. The monoisotopic (exact) mass is 280 g/mol. The van der Waals surface area contributed by atoms with Crippen molar-refractivity contribution in [3.8, 4) is 0 Å². The number of rotatable bonds is 5. The van der Waals surface area contributed by atoms with Gasteiger partial charge in [-0.05, 0) is 37.1 Å². The lowest BCUT2D eigenvalue weighted by atomic mass is 10.1. The number of aryl methyl sites for hydroxylation is 2. The van der Waals surface area contributed by atoms with E-state index < -0.39 is 0 Å². The lowest BCUT2D eigenvalue weighted by Gasteiger charge is -2.09. The summed E-state index contributed by atoms with van der Waals surface area (Å²) in [6, 6.07) is 10.5. The van der Waals surface area contributed by atoms with E-state index in [9.17, 15) is 0 Å². The van der Waals surface area contributed by atoms with E-state index in [2.05, 4.69) is 52.8 Å². The highest BCUT2D eigenvalue weighted by molar-refractivity contribution is 5.82. The summed E-state index contributed by atoms with van der Waals surface area (Å²) < 4.78 is 1.97. The Kier molecular flexibility index (Phi) is 3.97. The second kappa shape index (κ2) is 6.06. The maximum absolute atomic E-state index is 4.57. The molecule has 4 heteroatoms. The number of hydrogen-bond donors (Lipinski definition) is 1. The Morgan fingerprint density at radius 2 is 2.05 bits per heavy atom. The van der Waals surface area contributed by atoms with Crippen LogP contribution in [0.15, 0.2) is 42.7 Å². The van der Waals surface area contributed by atoms with E-state index in [1.54, 1.807) is 0 Å². The first-order chi connectivity index (χ1) is 10.2. The Bertz CT molecular complexity index is 745. The van der Waals surface area contributed by atoms with Gasteiger partial charge in [0.2, 0.25) is 0 Å². The van der Waals surface area contributed by atoms with Crippen molar-refractivity contribution in [2.24, 2.45) is 0 Å². The van der Waals surface area contributed by atoms with Crippen molar-refractivity contribution in [2.45, 2.75) is 26.9 Å². The third-order valence-electron chi connectivity index (χ3n) is 3.53. The van der Waals surface area contributed by atoms with Crippen molar-refractivity contribution >= 4 is 10.9 Å². The summed E-state index contributed by atoms with van der Waals surface area (Å²) in [5.41, 5.74) is 4.63. The zero-order valence-corrected chi connectivity index (χ0v) is 12.5. The van der Waals surface area contributed by atoms with Crippen molar-refractivity contribution in [3.63, 3.8) is 0 Å². The van der Waals surface area contributed by atoms with Gasteiger partial charge in [-0.25, -0.2) is 0 Å². The quantitative estimate of drug-likeness (QED) is 0.731. The fourth-order valence-electron chi connectivity index (χ4n) is 2.55. The summed E-state index contributed by atoms with van der Waals surface area (Å²) in [7, 11) is 0. The molecule has 0 saturated heterocycles. The molecule has 3 aromatic rings. The largest absolute Gasteiger partial charge is 0.311 e. The van der Waals surface area contributed by atoms with E-state index in [0.717, 1.165) is 30.8 Å². The molecule has 0 spiro atoms.